The van der Waals surface area contributed by atoms with E-state index in [4.69, 9.17) is 0 Å². The van der Waals surface area contributed by atoms with Crippen molar-refractivity contribution in [1.82, 2.24) is 5.48 Å². The van der Waals surface area contributed by atoms with Crippen molar-refractivity contribution in [3.05, 3.63) is 24.6 Å². The number of hydrogen-bond donors (Lipinski definition) is 1. The van der Waals surface area contributed by atoms with Crippen LogP contribution in [-0.4, -0.2) is 17.1 Å². The van der Waals surface area contributed by atoms with Gasteiger partial charge in [0.25, 0.3) is 0 Å². The van der Waals surface area contributed by atoms with Crippen LogP contribution in [0.5, 0.6) is 0 Å². The average molecular weight is 164 g/mol. The zero-order valence-electron chi connectivity index (χ0n) is 3.72. The second-order valence-electron chi connectivity index (χ2n) is 0.923. The molecule has 1 aliphatic heterocycles. The topological polar surface area (TPSA) is 21.3 Å². The summed E-state index contributed by atoms with van der Waals surface area (Å²) < 4.78 is 0. The van der Waals surface area contributed by atoms with Crippen molar-refractivity contribution < 1.29 is 4.84 Å². The Morgan fingerprint density at radius 2 is 2.14 bits per heavy atom. The quantitative estimate of drug-likeness (QED) is 0.493. The van der Waals surface area contributed by atoms with Crippen LogP contribution in [0.3, 0.4) is 0 Å². The van der Waals surface area contributed by atoms with Gasteiger partial charge in [0.2, 0.25) is 0 Å². The van der Waals surface area contributed by atoms with Gasteiger partial charge in [0.05, 0.1) is 0 Å². The van der Waals surface area contributed by atoms with Gasteiger partial charge in [-0.2, -0.15) is 0 Å². The molecule has 0 saturated heterocycles. The predicted molar refractivity (Wildman–Crippen MR) is 31.0 cm³/mol. The van der Waals surface area contributed by atoms with E-state index in [2.05, 4.69) is 10.3 Å². The predicted octanol–water partition coefficient (Wildman–Crippen LogP) is -0.368. The number of nitrogens with one attached hydrogen (secondary N) is 1. The van der Waals surface area contributed by atoms with Crippen molar-refractivity contribution in [1.29, 1.82) is 0 Å². The van der Waals surface area contributed by atoms with Crippen molar-refractivity contribution in [2.45, 2.75) is 0 Å². The number of rotatable bonds is 0. The SMILES string of the molecule is C1=CNOC=C1.[SeH2]. The van der Waals surface area contributed by atoms with E-state index in [1.54, 1.807) is 18.5 Å². The van der Waals surface area contributed by atoms with Crippen molar-refractivity contribution >= 4 is 17.1 Å². The summed E-state index contributed by atoms with van der Waals surface area (Å²) in [7, 11) is 0. The second-order valence-corrected chi connectivity index (χ2v) is 0.923. The Morgan fingerprint density at radius 3 is 2.29 bits per heavy atom. The summed E-state index contributed by atoms with van der Waals surface area (Å²) in [5.41, 5.74) is 2.52. The Balaban J connectivity index is 0.000000360. The Hall–Kier alpha value is -0.401. The van der Waals surface area contributed by atoms with Gasteiger partial charge < -0.3 is 4.84 Å². The van der Waals surface area contributed by atoms with Crippen LogP contribution in [0.4, 0.5) is 0 Å². The Kier molecular flexibility index (Phi) is 3.56. The Bertz CT molecular complexity index is 77.7. The van der Waals surface area contributed by atoms with E-state index in [0.29, 0.717) is 0 Å². The van der Waals surface area contributed by atoms with E-state index < -0.39 is 0 Å². The summed E-state index contributed by atoms with van der Waals surface area (Å²) in [4.78, 5) is 4.55. The third kappa shape index (κ3) is 2.31. The molecule has 1 rings (SSSR count). The Labute approximate surface area is 52.7 Å². The minimum absolute atomic E-state index is 0. The van der Waals surface area contributed by atoms with Crippen LogP contribution in [0.1, 0.15) is 0 Å². The first-order valence-corrected chi connectivity index (χ1v) is 1.73. The number of hydrogen-bond acceptors (Lipinski definition) is 2. The molecule has 0 atom stereocenters. The molecule has 0 saturated carbocycles. The molecule has 40 valence electrons. The summed E-state index contributed by atoms with van der Waals surface area (Å²) in [6.07, 6.45) is 6.93. The molecular formula is C4H7NOSe. The first-order chi connectivity index (χ1) is 3.00. The minimum atomic E-state index is 0. The standard InChI is InChI=1S/C4H5NO.H2Se/c1-2-4-6-5-3-1;/h1-5H;1H2. The fraction of sp³-hybridized carbons (Fsp3) is 0. The van der Waals surface area contributed by atoms with Crippen LogP contribution in [-0.2, 0) is 4.84 Å². The van der Waals surface area contributed by atoms with Crippen LogP contribution < -0.4 is 5.48 Å². The fourth-order valence-corrected chi connectivity index (χ4v) is 0.258. The van der Waals surface area contributed by atoms with Gasteiger partial charge in [-0.25, -0.2) is 5.48 Å². The van der Waals surface area contributed by atoms with Crippen molar-refractivity contribution in [2.75, 3.05) is 0 Å². The van der Waals surface area contributed by atoms with E-state index in [0.717, 1.165) is 0 Å². The van der Waals surface area contributed by atoms with Crippen LogP contribution in [0.15, 0.2) is 24.6 Å². The molecule has 0 aliphatic carbocycles. The molecule has 0 aromatic rings. The Morgan fingerprint density at radius 1 is 1.29 bits per heavy atom. The molecule has 0 amide bonds. The van der Waals surface area contributed by atoms with E-state index in [1.807, 2.05) is 6.08 Å². The van der Waals surface area contributed by atoms with E-state index in [9.17, 15) is 0 Å². The maximum atomic E-state index is 4.55. The van der Waals surface area contributed by atoms with Gasteiger partial charge in [-0.15, -0.1) is 0 Å². The van der Waals surface area contributed by atoms with Crippen molar-refractivity contribution in [3.63, 3.8) is 0 Å². The van der Waals surface area contributed by atoms with Crippen LogP contribution in [0.25, 0.3) is 0 Å². The van der Waals surface area contributed by atoms with Gasteiger partial charge in [0.15, 0.2) is 0 Å². The first kappa shape index (κ1) is 6.60. The molecule has 0 aromatic carbocycles. The van der Waals surface area contributed by atoms with Gasteiger partial charge in [-0.05, 0) is 12.2 Å². The molecule has 1 N–H and O–H groups in total. The van der Waals surface area contributed by atoms with Gasteiger partial charge in [-0.1, -0.05) is 0 Å². The molecule has 3 heteroatoms. The molecule has 0 fully saturated rings. The van der Waals surface area contributed by atoms with Crippen molar-refractivity contribution in [2.24, 2.45) is 0 Å². The van der Waals surface area contributed by atoms with Gasteiger partial charge in [-0.3, -0.25) is 0 Å². The molecule has 7 heavy (non-hydrogen) atoms. The normalized spacial score (nSPS) is 13.7. The summed E-state index contributed by atoms with van der Waals surface area (Å²) in [6.45, 7) is 0. The summed E-state index contributed by atoms with van der Waals surface area (Å²) in [6, 6.07) is 0. The van der Waals surface area contributed by atoms with Gasteiger partial charge in [0.1, 0.15) is 6.26 Å². The number of allylic oxidation sites excluding steroid dienone is 2. The fourth-order valence-electron chi connectivity index (χ4n) is 0.258. The van der Waals surface area contributed by atoms with Gasteiger partial charge in [0, 0.05) is 6.20 Å². The molecule has 0 unspecified atom stereocenters. The summed E-state index contributed by atoms with van der Waals surface area (Å²) in [5, 5.41) is 0. The van der Waals surface area contributed by atoms with E-state index in [-0.39, 0.29) is 17.1 Å². The first-order valence-electron chi connectivity index (χ1n) is 1.73. The third-order valence-corrected chi connectivity index (χ3v) is 0.490. The van der Waals surface area contributed by atoms with E-state index >= 15 is 0 Å². The number of hydroxylamine groups is 1. The summed E-state index contributed by atoms with van der Waals surface area (Å²) >= 11 is 0. The van der Waals surface area contributed by atoms with Crippen LogP contribution in [0.2, 0.25) is 0 Å². The van der Waals surface area contributed by atoms with Crippen molar-refractivity contribution in [3.8, 4) is 0 Å². The molecule has 1 aliphatic rings. The molecule has 0 spiro atoms. The van der Waals surface area contributed by atoms with Crippen LogP contribution >= 0.6 is 0 Å². The molecule has 2 nitrogen and oxygen atoms in total. The third-order valence-electron chi connectivity index (χ3n) is 0.490. The maximum absolute atomic E-state index is 4.55. The molecule has 1 heterocycles. The monoisotopic (exact) mass is 165 g/mol. The molecule has 0 bridgehead atoms. The van der Waals surface area contributed by atoms with E-state index in [1.165, 1.54) is 0 Å². The molecule has 0 radical (unpaired) electrons. The zero-order valence-corrected chi connectivity index (χ0v) is 5.82. The zero-order chi connectivity index (χ0) is 4.24. The average Bonchev–Trinajstić information content (AvgIpc) is 1.72. The second kappa shape index (κ2) is 3.78. The van der Waals surface area contributed by atoms with Crippen LogP contribution in [0, 0.1) is 0 Å². The summed E-state index contributed by atoms with van der Waals surface area (Å²) in [5.74, 6) is 0. The molecular weight excluding hydrogens is 157 g/mol. The molecule has 0 aromatic heterocycles. The van der Waals surface area contributed by atoms with Gasteiger partial charge >= 0.3 is 17.1 Å².